The highest BCUT2D eigenvalue weighted by Crippen LogP contribution is 2.09. The highest BCUT2D eigenvalue weighted by molar-refractivity contribution is 8.43. The van der Waals surface area contributed by atoms with Crippen molar-refractivity contribution >= 4 is 43.5 Å². The molecule has 5 nitrogen and oxygen atoms in total. The Hall–Kier alpha value is -0.180. The molecule has 0 aliphatic rings. The predicted molar refractivity (Wildman–Crippen MR) is 68.9 cm³/mol. The molecule has 0 spiro atoms. The van der Waals surface area contributed by atoms with Crippen molar-refractivity contribution in [3.8, 4) is 0 Å². The number of hydrogen-bond donors (Lipinski definition) is 1. The molecule has 0 aliphatic carbocycles. The number of sulfonamides is 1. The zero-order chi connectivity index (χ0) is 12.8. The van der Waals surface area contributed by atoms with Gasteiger partial charge < -0.3 is 4.74 Å². The number of esters is 1. The van der Waals surface area contributed by atoms with E-state index in [-0.39, 0.29) is 10.1 Å². The maximum atomic E-state index is 11.6. The van der Waals surface area contributed by atoms with Gasteiger partial charge in [-0.15, -0.1) is 11.8 Å². The second kappa shape index (κ2) is 7.21. The van der Waals surface area contributed by atoms with Crippen LogP contribution in [0.1, 0.15) is 20.8 Å². The number of thiocarbonyl (C=S) groups is 1. The summed E-state index contributed by atoms with van der Waals surface area (Å²) in [6, 6.07) is -0.930. The number of carbonyl (C=O) groups is 1. The molecular weight excluding hydrogens is 270 g/mol. The molecule has 0 saturated carbocycles. The Kier molecular flexibility index (Phi) is 7.12. The van der Waals surface area contributed by atoms with E-state index < -0.39 is 22.0 Å². The van der Waals surface area contributed by atoms with E-state index >= 15 is 0 Å². The van der Waals surface area contributed by atoms with Crippen LogP contribution in [-0.2, 0) is 19.6 Å². The Labute approximate surface area is 105 Å². The molecule has 0 fully saturated rings. The minimum Gasteiger partial charge on any atom is -0.465 e. The Morgan fingerprint density at radius 1 is 1.50 bits per heavy atom. The van der Waals surface area contributed by atoms with Crippen LogP contribution in [0, 0.1) is 0 Å². The Morgan fingerprint density at radius 3 is 2.50 bits per heavy atom. The van der Waals surface area contributed by atoms with Crippen molar-refractivity contribution < 1.29 is 17.9 Å². The zero-order valence-electron chi connectivity index (χ0n) is 9.35. The van der Waals surface area contributed by atoms with Crippen LogP contribution < -0.4 is 4.72 Å². The first-order chi connectivity index (χ1) is 7.35. The summed E-state index contributed by atoms with van der Waals surface area (Å²) in [6.45, 7) is 5.06. The van der Waals surface area contributed by atoms with Crippen molar-refractivity contribution in [2.45, 2.75) is 26.8 Å². The van der Waals surface area contributed by atoms with Crippen LogP contribution in [-0.4, -0.2) is 36.3 Å². The summed E-state index contributed by atoms with van der Waals surface area (Å²) < 4.78 is 29.8. The molecular formula is C8H15NO4S3. The molecule has 1 N–H and O–H groups in total. The Bertz CT molecular complexity index is 352. The highest BCUT2D eigenvalue weighted by atomic mass is 32.3. The van der Waals surface area contributed by atoms with Crippen LogP contribution in [0.15, 0.2) is 0 Å². The predicted octanol–water partition coefficient (Wildman–Crippen LogP) is 0.895. The van der Waals surface area contributed by atoms with Crippen LogP contribution in [0.25, 0.3) is 0 Å². The number of hydrogen-bond acceptors (Lipinski definition) is 6. The molecule has 16 heavy (non-hydrogen) atoms. The first-order valence-corrected chi connectivity index (χ1v) is 7.58. The SMILES string of the molecule is CCOC(=O)C(C)NS(=O)(=O)C(=S)SCC. The molecule has 0 aromatic carbocycles. The van der Waals surface area contributed by atoms with Gasteiger partial charge in [-0.2, -0.15) is 4.72 Å². The van der Waals surface area contributed by atoms with Gasteiger partial charge in [0.15, 0.2) is 3.53 Å². The second-order valence-corrected chi connectivity index (χ2v) is 6.89. The first-order valence-electron chi connectivity index (χ1n) is 4.70. The third-order valence-corrected chi connectivity index (χ3v) is 5.10. The lowest BCUT2D eigenvalue weighted by atomic mass is 10.4. The summed E-state index contributed by atoms with van der Waals surface area (Å²) in [5.41, 5.74) is 0. The molecule has 1 atom stereocenters. The fraction of sp³-hybridized carbons (Fsp3) is 0.750. The molecule has 0 amide bonds. The molecule has 0 bridgehead atoms. The third-order valence-electron chi connectivity index (χ3n) is 1.45. The van der Waals surface area contributed by atoms with Gasteiger partial charge in [-0.3, -0.25) is 4.79 Å². The molecule has 0 heterocycles. The fourth-order valence-corrected chi connectivity index (χ4v) is 3.30. The molecule has 0 aromatic rings. The molecule has 0 aromatic heterocycles. The lowest BCUT2D eigenvalue weighted by Gasteiger charge is -2.12. The number of thioether (sulfide) groups is 1. The van der Waals surface area contributed by atoms with Crippen LogP contribution >= 0.6 is 24.0 Å². The van der Waals surface area contributed by atoms with Crippen molar-refractivity contribution in [1.82, 2.24) is 4.72 Å². The average molecular weight is 285 g/mol. The maximum absolute atomic E-state index is 11.6. The van der Waals surface area contributed by atoms with E-state index in [2.05, 4.69) is 9.46 Å². The first kappa shape index (κ1) is 15.8. The summed E-state index contributed by atoms with van der Waals surface area (Å²) in [4.78, 5) is 11.2. The maximum Gasteiger partial charge on any atom is 0.323 e. The van der Waals surface area contributed by atoms with Crippen molar-refractivity contribution in [2.24, 2.45) is 0 Å². The lowest BCUT2D eigenvalue weighted by molar-refractivity contribution is -0.144. The smallest absolute Gasteiger partial charge is 0.323 e. The summed E-state index contributed by atoms with van der Waals surface area (Å²) in [6.07, 6.45) is 0. The number of carbonyl (C=O) groups excluding carboxylic acids is 1. The standard InChI is InChI=1S/C8H15NO4S3/c1-4-13-7(10)6(3)9-16(11,12)8(14)15-5-2/h6,9H,4-5H2,1-3H3. The lowest BCUT2D eigenvalue weighted by Crippen LogP contribution is -2.41. The zero-order valence-corrected chi connectivity index (χ0v) is 11.8. The van der Waals surface area contributed by atoms with Crippen LogP contribution in [0.4, 0.5) is 0 Å². The van der Waals surface area contributed by atoms with E-state index in [4.69, 9.17) is 12.2 Å². The van der Waals surface area contributed by atoms with Gasteiger partial charge in [0, 0.05) is 0 Å². The van der Waals surface area contributed by atoms with Crippen LogP contribution in [0.3, 0.4) is 0 Å². The average Bonchev–Trinajstić information content (AvgIpc) is 2.17. The molecule has 0 rings (SSSR count). The van der Waals surface area contributed by atoms with Gasteiger partial charge in [0.2, 0.25) is 0 Å². The number of nitrogens with one attached hydrogen (secondary N) is 1. The number of rotatable bonds is 5. The van der Waals surface area contributed by atoms with Crippen molar-refractivity contribution in [3.05, 3.63) is 0 Å². The monoisotopic (exact) mass is 285 g/mol. The number of ether oxygens (including phenoxy) is 1. The van der Waals surface area contributed by atoms with Gasteiger partial charge in [-0.25, -0.2) is 8.42 Å². The van der Waals surface area contributed by atoms with E-state index in [0.29, 0.717) is 5.75 Å². The third kappa shape index (κ3) is 5.24. The van der Waals surface area contributed by atoms with E-state index in [9.17, 15) is 13.2 Å². The van der Waals surface area contributed by atoms with E-state index in [1.54, 1.807) is 13.8 Å². The summed E-state index contributed by atoms with van der Waals surface area (Å²) in [7, 11) is -3.74. The quantitative estimate of drug-likeness (QED) is 0.597. The molecule has 0 aliphatic heterocycles. The van der Waals surface area contributed by atoms with Gasteiger partial charge in [0.05, 0.1) is 6.61 Å². The fourth-order valence-electron chi connectivity index (χ4n) is 0.792. The molecule has 8 heteroatoms. The summed E-state index contributed by atoms with van der Waals surface area (Å²) in [5, 5.41) is 0. The van der Waals surface area contributed by atoms with Crippen molar-refractivity contribution in [1.29, 1.82) is 0 Å². The van der Waals surface area contributed by atoms with Gasteiger partial charge in [0.25, 0.3) is 10.0 Å². The minimum absolute atomic E-state index is 0.161. The van der Waals surface area contributed by atoms with E-state index in [1.807, 2.05) is 0 Å². The largest absolute Gasteiger partial charge is 0.465 e. The Morgan fingerprint density at radius 2 is 2.06 bits per heavy atom. The molecule has 1 unspecified atom stereocenters. The second-order valence-electron chi connectivity index (χ2n) is 2.78. The molecule has 94 valence electrons. The van der Waals surface area contributed by atoms with Crippen molar-refractivity contribution in [3.63, 3.8) is 0 Å². The minimum atomic E-state index is -3.74. The topological polar surface area (TPSA) is 72.5 Å². The van der Waals surface area contributed by atoms with Crippen molar-refractivity contribution in [2.75, 3.05) is 12.4 Å². The van der Waals surface area contributed by atoms with Gasteiger partial charge >= 0.3 is 5.97 Å². The van der Waals surface area contributed by atoms with Crippen LogP contribution in [0.2, 0.25) is 0 Å². The highest BCUT2D eigenvalue weighted by Gasteiger charge is 2.24. The Balaban J connectivity index is 4.48. The van der Waals surface area contributed by atoms with Gasteiger partial charge in [0.1, 0.15) is 6.04 Å². The summed E-state index contributed by atoms with van der Waals surface area (Å²) >= 11 is 5.75. The van der Waals surface area contributed by atoms with Crippen LogP contribution in [0.5, 0.6) is 0 Å². The van der Waals surface area contributed by atoms with E-state index in [1.165, 1.54) is 6.92 Å². The van der Waals surface area contributed by atoms with E-state index in [0.717, 1.165) is 11.8 Å². The molecule has 0 radical (unpaired) electrons. The van der Waals surface area contributed by atoms with Gasteiger partial charge in [-0.05, 0) is 19.6 Å². The summed E-state index contributed by atoms with van der Waals surface area (Å²) in [5.74, 6) is -0.0524. The van der Waals surface area contributed by atoms with Gasteiger partial charge in [-0.1, -0.05) is 19.1 Å². The molecule has 0 saturated heterocycles. The normalized spacial score (nSPS) is 13.2.